The van der Waals surface area contributed by atoms with Crippen molar-refractivity contribution >= 4 is 11.6 Å². The second-order valence-corrected chi connectivity index (χ2v) is 8.60. The van der Waals surface area contributed by atoms with E-state index in [2.05, 4.69) is 20.5 Å². The Kier molecular flexibility index (Phi) is 7.07. The number of hydrogen-bond donors (Lipinski definition) is 1. The van der Waals surface area contributed by atoms with Gasteiger partial charge in [0.1, 0.15) is 17.2 Å². The van der Waals surface area contributed by atoms with Crippen molar-refractivity contribution in [1.82, 2.24) is 20.0 Å². The summed E-state index contributed by atoms with van der Waals surface area (Å²) in [5.41, 5.74) is 4.25. The molecule has 3 aromatic carbocycles. The minimum atomic E-state index is -0.304. The molecule has 0 bridgehead atoms. The van der Waals surface area contributed by atoms with Gasteiger partial charge in [0.25, 0.3) is 5.91 Å². The molecule has 1 N–H and O–H groups in total. The van der Waals surface area contributed by atoms with E-state index in [1.807, 2.05) is 98.8 Å². The minimum absolute atomic E-state index is 0.284. The maximum atomic E-state index is 13.1. The summed E-state index contributed by atoms with van der Waals surface area (Å²) in [4.78, 5) is 19.0. The largest absolute Gasteiger partial charge is 0.493 e. The van der Waals surface area contributed by atoms with Crippen molar-refractivity contribution in [2.75, 3.05) is 11.9 Å². The number of aryl methyl sites for hydroxylation is 2. The Labute approximate surface area is 214 Å². The predicted molar refractivity (Wildman–Crippen MR) is 140 cm³/mol. The van der Waals surface area contributed by atoms with Gasteiger partial charge in [-0.1, -0.05) is 48.5 Å². The van der Waals surface area contributed by atoms with Crippen LogP contribution < -0.4 is 10.1 Å². The molecule has 0 atom stereocenters. The van der Waals surface area contributed by atoms with Crippen LogP contribution in [-0.4, -0.2) is 32.5 Å². The van der Waals surface area contributed by atoms with Crippen molar-refractivity contribution in [2.24, 2.45) is 0 Å². The van der Waals surface area contributed by atoms with Crippen LogP contribution in [0.15, 0.2) is 89.3 Å². The molecule has 8 nitrogen and oxygen atoms in total. The van der Waals surface area contributed by atoms with E-state index in [4.69, 9.17) is 9.15 Å². The number of carbonyl (C=O) groups excluding carboxylic acids is 1. The Hall–Kier alpha value is -4.72. The van der Waals surface area contributed by atoms with Crippen LogP contribution in [-0.2, 0) is 12.8 Å². The fraction of sp³-hybridized carbons (Fsp3) is 0.172. The molecule has 1 amide bonds. The molecule has 0 fully saturated rings. The van der Waals surface area contributed by atoms with Gasteiger partial charge in [-0.2, -0.15) is 9.90 Å². The molecule has 8 heteroatoms. The second kappa shape index (κ2) is 10.9. The summed E-state index contributed by atoms with van der Waals surface area (Å²) < 4.78 is 11.4. The second-order valence-electron chi connectivity index (χ2n) is 8.60. The highest BCUT2D eigenvalue weighted by atomic mass is 16.5. The normalized spacial score (nSPS) is 10.9. The van der Waals surface area contributed by atoms with Crippen LogP contribution in [0, 0.1) is 13.8 Å². The van der Waals surface area contributed by atoms with Crippen LogP contribution in [0.4, 0.5) is 5.69 Å². The molecule has 37 heavy (non-hydrogen) atoms. The summed E-state index contributed by atoms with van der Waals surface area (Å²) in [5, 5.41) is 12.1. The SMILES string of the molecule is Cc1nc(CCOc2ccc(Cc3nn(-c4ccccc4)nc3C(=O)Nc3ccccc3)cc2)c(C)o1. The van der Waals surface area contributed by atoms with Crippen molar-refractivity contribution in [3.63, 3.8) is 0 Å². The van der Waals surface area contributed by atoms with E-state index in [0.717, 1.165) is 28.5 Å². The van der Waals surface area contributed by atoms with Gasteiger partial charge in [-0.3, -0.25) is 4.79 Å². The number of para-hydroxylation sites is 2. The lowest BCUT2D eigenvalue weighted by Gasteiger charge is -2.07. The van der Waals surface area contributed by atoms with Gasteiger partial charge in [-0.15, -0.1) is 5.10 Å². The molecule has 0 radical (unpaired) electrons. The highest BCUT2D eigenvalue weighted by Gasteiger charge is 2.20. The van der Waals surface area contributed by atoms with Crippen molar-refractivity contribution in [3.05, 3.63) is 119 Å². The van der Waals surface area contributed by atoms with Crippen LogP contribution in [0.5, 0.6) is 5.75 Å². The zero-order valence-electron chi connectivity index (χ0n) is 20.7. The van der Waals surface area contributed by atoms with Gasteiger partial charge in [-0.25, -0.2) is 4.98 Å². The van der Waals surface area contributed by atoms with E-state index in [1.54, 1.807) is 0 Å². The first kappa shape index (κ1) is 24.0. The summed E-state index contributed by atoms with van der Waals surface area (Å²) >= 11 is 0. The first-order valence-electron chi connectivity index (χ1n) is 12.1. The summed E-state index contributed by atoms with van der Waals surface area (Å²) in [6.45, 7) is 4.25. The van der Waals surface area contributed by atoms with E-state index in [9.17, 15) is 4.79 Å². The van der Waals surface area contributed by atoms with Gasteiger partial charge < -0.3 is 14.5 Å². The van der Waals surface area contributed by atoms with Gasteiger partial charge in [0.15, 0.2) is 11.6 Å². The summed E-state index contributed by atoms with van der Waals surface area (Å²) in [7, 11) is 0. The van der Waals surface area contributed by atoms with Crippen molar-refractivity contribution in [1.29, 1.82) is 0 Å². The number of hydrogen-bond acceptors (Lipinski definition) is 6. The molecule has 0 aliphatic heterocycles. The smallest absolute Gasteiger partial charge is 0.278 e. The van der Waals surface area contributed by atoms with Gasteiger partial charge in [-0.05, 0) is 48.9 Å². The molecular formula is C29H27N5O3. The molecule has 2 heterocycles. The van der Waals surface area contributed by atoms with Crippen molar-refractivity contribution in [2.45, 2.75) is 26.7 Å². The molecule has 0 spiro atoms. The van der Waals surface area contributed by atoms with Gasteiger partial charge >= 0.3 is 0 Å². The summed E-state index contributed by atoms with van der Waals surface area (Å²) in [5.74, 6) is 1.95. The molecule has 0 unspecified atom stereocenters. The Morgan fingerprint density at radius 3 is 2.27 bits per heavy atom. The molecule has 5 rings (SSSR count). The van der Waals surface area contributed by atoms with Gasteiger partial charge in [0.2, 0.25) is 0 Å². The lowest BCUT2D eigenvalue weighted by Crippen LogP contribution is -2.15. The predicted octanol–water partition coefficient (Wildman–Crippen LogP) is 5.34. The van der Waals surface area contributed by atoms with E-state index < -0.39 is 0 Å². The number of ether oxygens (including phenoxy) is 1. The molecule has 2 aromatic heterocycles. The number of nitrogens with one attached hydrogen (secondary N) is 1. The third-order valence-electron chi connectivity index (χ3n) is 5.82. The molecular weight excluding hydrogens is 466 g/mol. The number of oxazole rings is 1. The van der Waals surface area contributed by atoms with Crippen LogP contribution >= 0.6 is 0 Å². The van der Waals surface area contributed by atoms with E-state index >= 15 is 0 Å². The van der Waals surface area contributed by atoms with Crippen molar-refractivity contribution in [3.8, 4) is 11.4 Å². The number of anilines is 1. The molecule has 0 saturated carbocycles. The van der Waals surface area contributed by atoms with Gasteiger partial charge in [0, 0.05) is 25.5 Å². The Balaban J connectivity index is 1.30. The number of nitrogens with zero attached hydrogens (tertiary/aromatic N) is 4. The van der Waals surface area contributed by atoms with E-state index in [1.165, 1.54) is 4.80 Å². The van der Waals surface area contributed by atoms with Crippen LogP contribution in [0.3, 0.4) is 0 Å². The fourth-order valence-electron chi connectivity index (χ4n) is 3.99. The Morgan fingerprint density at radius 2 is 1.59 bits per heavy atom. The lowest BCUT2D eigenvalue weighted by molar-refractivity contribution is 0.102. The zero-order chi connectivity index (χ0) is 25.6. The van der Waals surface area contributed by atoms with Crippen molar-refractivity contribution < 1.29 is 13.9 Å². The first-order valence-corrected chi connectivity index (χ1v) is 12.1. The monoisotopic (exact) mass is 493 g/mol. The first-order chi connectivity index (χ1) is 18.0. The molecule has 0 aliphatic rings. The molecule has 5 aromatic rings. The number of amides is 1. The number of aromatic nitrogens is 4. The topological polar surface area (TPSA) is 95.1 Å². The molecule has 0 saturated heterocycles. The number of benzene rings is 3. The Bertz CT molecular complexity index is 1480. The van der Waals surface area contributed by atoms with E-state index in [0.29, 0.717) is 36.7 Å². The zero-order valence-corrected chi connectivity index (χ0v) is 20.7. The highest BCUT2D eigenvalue weighted by Crippen LogP contribution is 2.19. The average molecular weight is 494 g/mol. The fourth-order valence-corrected chi connectivity index (χ4v) is 3.99. The average Bonchev–Trinajstić information content (AvgIpc) is 3.48. The van der Waals surface area contributed by atoms with Crippen LogP contribution in [0.25, 0.3) is 5.69 Å². The van der Waals surface area contributed by atoms with E-state index in [-0.39, 0.29) is 11.6 Å². The lowest BCUT2D eigenvalue weighted by atomic mass is 10.1. The number of rotatable bonds is 9. The van der Waals surface area contributed by atoms with Gasteiger partial charge in [0.05, 0.1) is 18.0 Å². The third-order valence-corrected chi connectivity index (χ3v) is 5.82. The van der Waals surface area contributed by atoms with Crippen LogP contribution in [0.2, 0.25) is 0 Å². The maximum absolute atomic E-state index is 13.1. The highest BCUT2D eigenvalue weighted by molar-refractivity contribution is 6.03. The summed E-state index contributed by atoms with van der Waals surface area (Å²) in [6, 6.07) is 26.6. The molecule has 0 aliphatic carbocycles. The third kappa shape index (κ3) is 5.92. The minimum Gasteiger partial charge on any atom is -0.493 e. The standard InChI is InChI=1S/C29H27N5O3/c1-20-26(30-21(2)37-20)17-18-36-25-15-13-22(14-16-25)19-27-28(29(35)31-23-9-5-3-6-10-23)33-34(32-27)24-11-7-4-8-12-24/h3-16H,17-19H2,1-2H3,(H,31,35). The van der Waals surface area contributed by atoms with Crippen LogP contribution in [0.1, 0.15) is 39.1 Å². The maximum Gasteiger partial charge on any atom is 0.278 e. The Morgan fingerprint density at radius 1 is 0.892 bits per heavy atom. The number of carbonyl (C=O) groups is 1. The summed E-state index contributed by atoms with van der Waals surface area (Å²) in [6.07, 6.45) is 1.12. The quantitative estimate of drug-likeness (QED) is 0.298. The molecule has 186 valence electrons.